The Balaban J connectivity index is 1.13. The molecule has 59 heavy (non-hydrogen) atoms. The van der Waals surface area contributed by atoms with Gasteiger partial charge in [-0.1, -0.05) is 170 Å². The first kappa shape index (κ1) is 35.0. The normalized spacial score (nSPS) is 13.9. The zero-order valence-electron chi connectivity index (χ0n) is 32.2. The number of aromatic nitrogens is 2. The van der Waals surface area contributed by atoms with Gasteiger partial charge in [-0.2, -0.15) is 0 Å². The van der Waals surface area contributed by atoms with E-state index >= 15 is 0 Å². The number of para-hydroxylation sites is 2. The van der Waals surface area contributed by atoms with Crippen molar-refractivity contribution >= 4 is 21.8 Å². The van der Waals surface area contributed by atoms with E-state index in [1.165, 1.54) is 44.2 Å². The van der Waals surface area contributed by atoms with Gasteiger partial charge in [0.05, 0.1) is 16.4 Å². The molecule has 0 fully saturated rings. The fourth-order valence-electron chi connectivity index (χ4n) is 9.63. The third kappa shape index (κ3) is 5.45. The van der Waals surface area contributed by atoms with Crippen molar-refractivity contribution < 1.29 is 10.2 Å². The molecule has 0 amide bonds. The summed E-state index contributed by atoms with van der Waals surface area (Å²) in [5.41, 5.74) is 14.4. The third-order valence-corrected chi connectivity index (χ3v) is 12.4. The molecule has 1 aliphatic rings. The molecule has 4 nitrogen and oxygen atoms in total. The molecule has 2 heterocycles. The monoisotopic (exact) mass is 760 g/mol. The molecule has 11 rings (SSSR count). The van der Waals surface area contributed by atoms with Gasteiger partial charge in [0, 0.05) is 34.5 Å². The summed E-state index contributed by atoms with van der Waals surface area (Å²) < 4.78 is 4.62. The van der Waals surface area contributed by atoms with Gasteiger partial charge in [-0.25, -0.2) is 0 Å². The summed E-state index contributed by atoms with van der Waals surface area (Å²) in [6.45, 7) is 0. The van der Waals surface area contributed by atoms with Crippen LogP contribution in [-0.4, -0.2) is 19.3 Å². The second-order valence-corrected chi connectivity index (χ2v) is 15.5. The van der Waals surface area contributed by atoms with Crippen molar-refractivity contribution in [1.29, 1.82) is 0 Å². The lowest BCUT2D eigenvalue weighted by atomic mass is 9.67. The van der Waals surface area contributed by atoms with Gasteiger partial charge in [-0.15, -0.1) is 0 Å². The first-order valence-electron chi connectivity index (χ1n) is 20.2. The van der Waals surface area contributed by atoms with Gasteiger partial charge in [0.2, 0.25) is 0 Å². The molecule has 0 bridgehead atoms. The number of aliphatic hydroxyl groups excluding tert-OH is 2. The molecule has 282 valence electrons. The number of nitrogens with zero attached hydrogens (tertiary/aromatic N) is 2. The molecule has 2 N–H and O–H groups in total. The van der Waals surface area contributed by atoms with Crippen LogP contribution in [0.2, 0.25) is 0 Å². The number of benzene rings is 8. The molecule has 8 aromatic carbocycles. The average molecular weight is 761 g/mol. The highest BCUT2D eigenvalue weighted by Gasteiger charge is 2.49. The van der Waals surface area contributed by atoms with Crippen LogP contribution >= 0.6 is 0 Å². The lowest BCUT2D eigenvalue weighted by Crippen LogP contribution is -2.28. The van der Waals surface area contributed by atoms with E-state index in [0.29, 0.717) is 0 Å². The van der Waals surface area contributed by atoms with Crippen LogP contribution in [0, 0.1) is 0 Å². The Labute approximate surface area is 343 Å². The van der Waals surface area contributed by atoms with Crippen LogP contribution in [0.1, 0.15) is 56.7 Å². The summed E-state index contributed by atoms with van der Waals surface area (Å²) >= 11 is 0. The van der Waals surface area contributed by atoms with Crippen molar-refractivity contribution in [1.82, 2.24) is 9.13 Å². The Morgan fingerprint density at radius 3 is 1.08 bits per heavy atom. The van der Waals surface area contributed by atoms with E-state index in [1.54, 1.807) is 0 Å². The lowest BCUT2D eigenvalue weighted by Gasteiger charge is -2.32. The van der Waals surface area contributed by atoms with Gasteiger partial charge in [-0.3, -0.25) is 0 Å². The van der Waals surface area contributed by atoms with E-state index < -0.39 is 17.6 Å². The number of hydrogen-bond donors (Lipinski definition) is 2. The van der Waals surface area contributed by atoms with E-state index in [4.69, 9.17) is 0 Å². The molecule has 10 aromatic rings. The number of hydrogen-bond acceptors (Lipinski definition) is 2. The van der Waals surface area contributed by atoms with Crippen LogP contribution in [-0.2, 0) is 5.41 Å². The second kappa shape index (κ2) is 14.0. The highest BCUT2D eigenvalue weighted by atomic mass is 16.3. The summed E-state index contributed by atoms with van der Waals surface area (Å²) in [6.07, 6.45) is 3.27. The minimum atomic E-state index is -0.709. The second-order valence-electron chi connectivity index (χ2n) is 15.5. The predicted octanol–water partition coefficient (Wildman–Crippen LogP) is 12.1. The van der Waals surface area contributed by atoms with E-state index in [9.17, 15) is 10.2 Å². The zero-order chi connectivity index (χ0) is 39.5. The van der Waals surface area contributed by atoms with Crippen LogP contribution in [0.3, 0.4) is 0 Å². The highest BCUT2D eigenvalue weighted by Crippen LogP contribution is 2.59. The summed E-state index contributed by atoms with van der Waals surface area (Å²) in [4.78, 5) is 0. The van der Waals surface area contributed by atoms with Crippen LogP contribution in [0.25, 0.3) is 44.3 Å². The maximum atomic E-state index is 11.3. The minimum absolute atomic E-state index is 0.685. The van der Waals surface area contributed by atoms with E-state index in [2.05, 4.69) is 143 Å². The molecule has 0 spiro atoms. The molecule has 4 heteroatoms. The SMILES string of the molecule is OC(c1ccccc1)c1ccc(-n2cc(C3(c4cn(-c5ccc(C(O)c6ccccc6)cc5)c5ccccc45)c4ccccc4-c4ccccc43)c3ccccc32)cc1. The molecular formula is C55H40N2O2. The molecular weight excluding hydrogens is 721 g/mol. The molecule has 2 atom stereocenters. The fraction of sp³-hybridized carbons (Fsp3) is 0.0545. The first-order chi connectivity index (χ1) is 29.1. The van der Waals surface area contributed by atoms with Crippen LogP contribution in [0.5, 0.6) is 0 Å². The van der Waals surface area contributed by atoms with Crippen molar-refractivity contribution in [3.63, 3.8) is 0 Å². The van der Waals surface area contributed by atoms with Gasteiger partial charge >= 0.3 is 0 Å². The Morgan fingerprint density at radius 1 is 0.322 bits per heavy atom. The molecule has 0 saturated heterocycles. The maximum Gasteiger partial charge on any atom is 0.104 e. The predicted molar refractivity (Wildman–Crippen MR) is 238 cm³/mol. The Morgan fingerprint density at radius 2 is 0.661 bits per heavy atom. The fourth-order valence-corrected chi connectivity index (χ4v) is 9.63. The van der Waals surface area contributed by atoms with Gasteiger partial charge in [-0.05, 0) is 92.0 Å². The largest absolute Gasteiger partial charge is 0.384 e. The molecule has 2 unspecified atom stereocenters. The van der Waals surface area contributed by atoms with Crippen LogP contribution < -0.4 is 0 Å². The van der Waals surface area contributed by atoms with Gasteiger partial charge in [0.15, 0.2) is 0 Å². The topological polar surface area (TPSA) is 50.3 Å². The number of rotatable bonds is 8. The zero-order valence-corrected chi connectivity index (χ0v) is 32.2. The van der Waals surface area contributed by atoms with Crippen LogP contribution in [0.15, 0.2) is 219 Å². The van der Waals surface area contributed by atoms with Crippen molar-refractivity contribution in [3.05, 3.63) is 263 Å². The minimum Gasteiger partial charge on any atom is -0.384 e. The number of aliphatic hydroxyl groups is 2. The standard InChI is InChI=1S/C55H40N2O2/c58-53(37-15-3-1-4-16-37)39-27-31-41(32-28-39)56-35-49(45-21-9-13-25-51(45)56)55(47-23-11-7-19-43(47)44-20-8-12-24-48(44)55)50-36-57(52-26-14-10-22-46(50)52)42-33-29-40(30-34-42)54(59)38-17-5-2-6-18-38/h1-36,53-54,58-59H. The summed E-state index contributed by atoms with van der Waals surface area (Å²) in [6, 6.07) is 71.5. The summed E-state index contributed by atoms with van der Waals surface area (Å²) in [7, 11) is 0. The van der Waals surface area contributed by atoms with Crippen molar-refractivity contribution in [2.45, 2.75) is 17.6 Å². The van der Waals surface area contributed by atoms with Crippen LogP contribution in [0.4, 0.5) is 0 Å². The van der Waals surface area contributed by atoms with Gasteiger partial charge in [0.25, 0.3) is 0 Å². The molecule has 0 aliphatic heterocycles. The van der Waals surface area contributed by atoms with E-state index in [1.807, 2.05) is 84.9 Å². The molecule has 2 aromatic heterocycles. The lowest BCUT2D eigenvalue weighted by molar-refractivity contribution is 0.220. The summed E-state index contributed by atoms with van der Waals surface area (Å²) in [5.74, 6) is 0. The Hall–Kier alpha value is -7.24. The van der Waals surface area contributed by atoms with Crippen molar-refractivity contribution in [3.8, 4) is 22.5 Å². The Bertz CT molecular complexity index is 2910. The maximum absolute atomic E-state index is 11.3. The van der Waals surface area contributed by atoms with Gasteiger partial charge in [0.1, 0.15) is 12.2 Å². The van der Waals surface area contributed by atoms with E-state index in [0.717, 1.165) is 44.7 Å². The van der Waals surface area contributed by atoms with Crippen molar-refractivity contribution in [2.24, 2.45) is 0 Å². The van der Waals surface area contributed by atoms with Crippen molar-refractivity contribution in [2.75, 3.05) is 0 Å². The molecule has 0 saturated carbocycles. The average Bonchev–Trinajstić information content (AvgIpc) is 3.99. The summed E-state index contributed by atoms with van der Waals surface area (Å²) in [5, 5.41) is 24.8. The highest BCUT2D eigenvalue weighted by molar-refractivity contribution is 5.99. The van der Waals surface area contributed by atoms with E-state index in [-0.39, 0.29) is 0 Å². The Kier molecular flexibility index (Phi) is 8.29. The molecule has 1 aliphatic carbocycles. The number of fused-ring (bicyclic) bond motifs is 5. The smallest absolute Gasteiger partial charge is 0.104 e. The first-order valence-corrected chi connectivity index (χ1v) is 20.2. The molecule has 0 radical (unpaired) electrons. The van der Waals surface area contributed by atoms with Gasteiger partial charge < -0.3 is 19.3 Å². The quantitative estimate of drug-likeness (QED) is 0.162. The third-order valence-electron chi connectivity index (χ3n) is 12.4.